The van der Waals surface area contributed by atoms with Gasteiger partial charge in [-0.25, -0.2) is 4.98 Å². The standard InChI is InChI=1S/C12H20N4O/c17-6-9-4-10-12(15-7-14-10)11(16-9)8-2-1-3-13-5-8/h7-9,11,13,16-17H,1-6H2,(H,14,15). The molecule has 4 N–H and O–H groups in total. The first-order valence-electron chi connectivity index (χ1n) is 6.48. The fraction of sp³-hybridized carbons (Fsp3) is 0.750. The van der Waals surface area contributed by atoms with Crippen LogP contribution in [0.4, 0.5) is 0 Å². The van der Waals surface area contributed by atoms with Gasteiger partial charge in [-0.15, -0.1) is 0 Å². The highest BCUT2D eigenvalue weighted by molar-refractivity contribution is 5.22. The maximum atomic E-state index is 9.36. The van der Waals surface area contributed by atoms with Gasteiger partial charge in [-0.05, 0) is 31.8 Å². The third-order valence-electron chi connectivity index (χ3n) is 3.94. The van der Waals surface area contributed by atoms with E-state index < -0.39 is 0 Å². The number of aromatic amines is 1. The van der Waals surface area contributed by atoms with Gasteiger partial charge in [0.2, 0.25) is 0 Å². The zero-order valence-electron chi connectivity index (χ0n) is 9.95. The molecule has 0 radical (unpaired) electrons. The van der Waals surface area contributed by atoms with E-state index in [1.807, 2.05) is 0 Å². The van der Waals surface area contributed by atoms with Gasteiger partial charge in [-0.3, -0.25) is 0 Å². The minimum atomic E-state index is 0.162. The lowest BCUT2D eigenvalue weighted by molar-refractivity contribution is 0.188. The molecule has 0 spiro atoms. The highest BCUT2D eigenvalue weighted by atomic mass is 16.3. The van der Waals surface area contributed by atoms with Crippen molar-refractivity contribution in [3.05, 3.63) is 17.7 Å². The van der Waals surface area contributed by atoms with Crippen LogP contribution in [0.25, 0.3) is 0 Å². The average Bonchev–Trinajstić information content (AvgIpc) is 2.86. The summed E-state index contributed by atoms with van der Waals surface area (Å²) in [7, 11) is 0. The Morgan fingerprint density at radius 3 is 3.18 bits per heavy atom. The second-order valence-corrected chi connectivity index (χ2v) is 5.10. The summed E-state index contributed by atoms with van der Waals surface area (Å²) >= 11 is 0. The van der Waals surface area contributed by atoms with Crippen LogP contribution in [0.1, 0.15) is 30.3 Å². The second kappa shape index (κ2) is 4.76. The number of nitrogens with zero attached hydrogens (tertiary/aromatic N) is 1. The second-order valence-electron chi connectivity index (χ2n) is 5.10. The molecule has 3 unspecified atom stereocenters. The quantitative estimate of drug-likeness (QED) is 0.581. The van der Waals surface area contributed by atoms with Crippen LogP contribution in [-0.4, -0.2) is 40.8 Å². The molecule has 0 aliphatic carbocycles. The summed E-state index contributed by atoms with van der Waals surface area (Å²) in [6.45, 7) is 2.36. The van der Waals surface area contributed by atoms with Crippen molar-refractivity contribution in [3.63, 3.8) is 0 Å². The summed E-state index contributed by atoms with van der Waals surface area (Å²) in [6, 6.07) is 0.449. The molecule has 2 aliphatic rings. The molecule has 17 heavy (non-hydrogen) atoms. The van der Waals surface area contributed by atoms with Gasteiger partial charge in [0, 0.05) is 18.2 Å². The number of hydrogen-bond acceptors (Lipinski definition) is 4. The molecular weight excluding hydrogens is 216 g/mol. The van der Waals surface area contributed by atoms with Crippen molar-refractivity contribution < 1.29 is 5.11 Å². The number of hydrogen-bond donors (Lipinski definition) is 4. The first-order chi connectivity index (χ1) is 8.38. The highest BCUT2D eigenvalue weighted by Gasteiger charge is 2.33. The van der Waals surface area contributed by atoms with Crippen LogP contribution in [0.5, 0.6) is 0 Å². The van der Waals surface area contributed by atoms with Gasteiger partial charge in [0.25, 0.3) is 0 Å². The molecule has 1 aromatic rings. The first kappa shape index (κ1) is 11.2. The van der Waals surface area contributed by atoms with Crippen molar-refractivity contribution in [1.29, 1.82) is 0 Å². The smallest absolute Gasteiger partial charge is 0.0925 e. The van der Waals surface area contributed by atoms with E-state index in [2.05, 4.69) is 20.6 Å². The number of piperidine rings is 1. The minimum absolute atomic E-state index is 0.162. The van der Waals surface area contributed by atoms with Crippen LogP contribution in [0.2, 0.25) is 0 Å². The number of rotatable bonds is 2. The Labute approximate surface area is 101 Å². The fourth-order valence-electron chi connectivity index (χ4n) is 3.04. The molecule has 0 amide bonds. The molecule has 0 aromatic carbocycles. The lowest BCUT2D eigenvalue weighted by atomic mass is 9.85. The molecule has 0 bridgehead atoms. The Morgan fingerprint density at radius 1 is 1.47 bits per heavy atom. The van der Waals surface area contributed by atoms with Crippen molar-refractivity contribution in [2.45, 2.75) is 31.3 Å². The van der Waals surface area contributed by atoms with Crippen LogP contribution >= 0.6 is 0 Å². The third-order valence-corrected chi connectivity index (χ3v) is 3.94. The molecule has 1 saturated heterocycles. The van der Waals surface area contributed by atoms with E-state index in [-0.39, 0.29) is 18.7 Å². The van der Waals surface area contributed by atoms with Crippen molar-refractivity contribution in [2.75, 3.05) is 19.7 Å². The van der Waals surface area contributed by atoms with Gasteiger partial charge in [-0.1, -0.05) is 0 Å². The van der Waals surface area contributed by atoms with E-state index in [1.54, 1.807) is 6.33 Å². The molecule has 1 aromatic heterocycles. The summed E-state index contributed by atoms with van der Waals surface area (Å²) in [5.41, 5.74) is 2.35. The monoisotopic (exact) mass is 236 g/mol. The minimum Gasteiger partial charge on any atom is -0.395 e. The number of nitrogens with one attached hydrogen (secondary N) is 3. The van der Waals surface area contributed by atoms with E-state index in [1.165, 1.54) is 18.5 Å². The Morgan fingerprint density at radius 2 is 2.41 bits per heavy atom. The van der Waals surface area contributed by atoms with Crippen molar-refractivity contribution in [2.24, 2.45) is 5.92 Å². The largest absolute Gasteiger partial charge is 0.395 e. The predicted octanol–water partition coefficient (Wildman–Crippen LogP) is -0.0430. The van der Waals surface area contributed by atoms with Crippen molar-refractivity contribution in [1.82, 2.24) is 20.6 Å². The Balaban J connectivity index is 1.83. The number of H-pyrrole nitrogens is 1. The van der Waals surface area contributed by atoms with E-state index in [9.17, 15) is 5.11 Å². The lowest BCUT2D eigenvalue weighted by Crippen LogP contribution is -2.47. The van der Waals surface area contributed by atoms with Crippen LogP contribution in [0.3, 0.4) is 0 Å². The molecular formula is C12H20N4O. The number of aromatic nitrogens is 2. The van der Waals surface area contributed by atoms with Crippen LogP contribution in [-0.2, 0) is 6.42 Å². The number of imidazole rings is 1. The summed E-state index contributed by atoms with van der Waals surface area (Å²) in [6.07, 6.45) is 5.08. The topological polar surface area (TPSA) is 73.0 Å². The maximum absolute atomic E-state index is 9.36. The lowest BCUT2D eigenvalue weighted by Gasteiger charge is -2.36. The predicted molar refractivity (Wildman–Crippen MR) is 64.6 cm³/mol. The molecule has 3 heterocycles. The zero-order valence-corrected chi connectivity index (χ0v) is 9.95. The van der Waals surface area contributed by atoms with E-state index in [0.29, 0.717) is 5.92 Å². The summed E-state index contributed by atoms with van der Waals surface area (Å²) in [4.78, 5) is 7.66. The molecule has 0 saturated carbocycles. The summed E-state index contributed by atoms with van der Waals surface area (Å²) < 4.78 is 0. The number of aliphatic hydroxyl groups excluding tert-OH is 1. The van der Waals surface area contributed by atoms with Crippen LogP contribution in [0, 0.1) is 5.92 Å². The highest BCUT2D eigenvalue weighted by Crippen LogP contribution is 2.31. The fourth-order valence-corrected chi connectivity index (χ4v) is 3.04. The molecule has 1 fully saturated rings. The van der Waals surface area contributed by atoms with Gasteiger partial charge >= 0.3 is 0 Å². The molecule has 3 atom stereocenters. The van der Waals surface area contributed by atoms with E-state index >= 15 is 0 Å². The van der Waals surface area contributed by atoms with Gasteiger partial charge in [0.05, 0.1) is 24.7 Å². The average molecular weight is 236 g/mol. The van der Waals surface area contributed by atoms with Gasteiger partial charge in [0.15, 0.2) is 0 Å². The van der Waals surface area contributed by atoms with Crippen molar-refractivity contribution >= 4 is 0 Å². The van der Waals surface area contributed by atoms with Crippen molar-refractivity contribution in [3.8, 4) is 0 Å². The van der Waals surface area contributed by atoms with E-state index in [0.717, 1.165) is 25.2 Å². The maximum Gasteiger partial charge on any atom is 0.0925 e. The third kappa shape index (κ3) is 2.10. The SMILES string of the molecule is OCC1Cc2[nH]cnc2C(C2CCCNC2)N1. The molecule has 5 heteroatoms. The summed E-state index contributed by atoms with van der Waals surface area (Å²) in [5, 5.41) is 16.3. The Bertz CT molecular complexity index is 372. The normalized spacial score (nSPS) is 33.4. The zero-order chi connectivity index (χ0) is 11.7. The van der Waals surface area contributed by atoms with Gasteiger partial charge in [-0.2, -0.15) is 0 Å². The van der Waals surface area contributed by atoms with Crippen LogP contribution in [0.15, 0.2) is 6.33 Å². The number of aliphatic hydroxyl groups is 1. The van der Waals surface area contributed by atoms with Crippen LogP contribution < -0.4 is 10.6 Å². The molecule has 3 rings (SSSR count). The van der Waals surface area contributed by atoms with Gasteiger partial charge in [0.1, 0.15) is 0 Å². The van der Waals surface area contributed by atoms with E-state index in [4.69, 9.17) is 0 Å². The Hall–Kier alpha value is -0.910. The molecule has 2 aliphatic heterocycles. The molecule has 5 nitrogen and oxygen atoms in total. The number of fused-ring (bicyclic) bond motifs is 1. The summed E-state index contributed by atoms with van der Waals surface area (Å²) in [5.74, 6) is 0.583. The first-order valence-corrected chi connectivity index (χ1v) is 6.48. The molecule has 94 valence electrons. The van der Waals surface area contributed by atoms with Gasteiger partial charge < -0.3 is 20.7 Å². The Kier molecular flexibility index (Phi) is 3.13.